The van der Waals surface area contributed by atoms with Crippen molar-refractivity contribution in [1.29, 1.82) is 0 Å². The summed E-state index contributed by atoms with van der Waals surface area (Å²) in [6.07, 6.45) is 3.94. The Hall–Kier alpha value is -0.530. The molecule has 0 spiro atoms. The van der Waals surface area contributed by atoms with Crippen LogP contribution in [0.15, 0.2) is 0 Å². The summed E-state index contributed by atoms with van der Waals surface area (Å²) in [5, 5.41) is 8.42. The molecule has 2 heteroatoms. The molecule has 1 radical (unpaired) electrons. The van der Waals surface area contributed by atoms with E-state index in [1.165, 1.54) is 0 Å². The zero-order chi connectivity index (χ0) is 7.98. The summed E-state index contributed by atoms with van der Waals surface area (Å²) in [4.78, 5) is 10.2. The Kier molecular flexibility index (Phi) is 4.99. The first-order chi connectivity index (χ1) is 4.68. The van der Waals surface area contributed by atoms with Crippen molar-refractivity contribution in [3.63, 3.8) is 0 Å². The van der Waals surface area contributed by atoms with Crippen molar-refractivity contribution >= 4 is 5.97 Å². The summed E-state index contributed by atoms with van der Waals surface area (Å²) in [6, 6.07) is 0. The van der Waals surface area contributed by atoms with Gasteiger partial charge in [-0.15, -0.1) is 0 Å². The maximum absolute atomic E-state index is 10.2. The van der Waals surface area contributed by atoms with Gasteiger partial charge in [0, 0.05) is 0 Å². The average molecular weight is 143 g/mol. The summed E-state index contributed by atoms with van der Waals surface area (Å²) in [5.74, 6) is -1.19. The number of unbranched alkanes of at least 4 members (excludes halogenated alkanes) is 2. The molecule has 1 atom stereocenters. The Morgan fingerprint density at radius 2 is 2.20 bits per heavy atom. The van der Waals surface area contributed by atoms with Crippen LogP contribution >= 0.6 is 0 Å². The van der Waals surface area contributed by atoms with E-state index in [9.17, 15) is 4.79 Å². The molecule has 0 aliphatic carbocycles. The highest BCUT2D eigenvalue weighted by Gasteiger charge is 2.08. The van der Waals surface area contributed by atoms with Crippen LogP contribution in [0.25, 0.3) is 0 Å². The summed E-state index contributed by atoms with van der Waals surface area (Å²) in [6.45, 7) is 5.61. The Morgan fingerprint density at radius 3 is 2.60 bits per heavy atom. The first kappa shape index (κ1) is 9.47. The normalized spacial score (nSPS) is 13.0. The molecule has 0 bridgehead atoms. The summed E-state index contributed by atoms with van der Waals surface area (Å²) >= 11 is 0. The predicted octanol–water partition coefficient (Wildman–Crippen LogP) is 2.10. The van der Waals surface area contributed by atoms with Crippen LogP contribution in [-0.4, -0.2) is 11.1 Å². The van der Waals surface area contributed by atoms with E-state index >= 15 is 0 Å². The van der Waals surface area contributed by atoms with Gasteiger partial charge in [-0.3, -0.25) is 4.79 Å². The van der Waals surface area contributed by atoms with Gasteiger partial charge < -0.3 is 5.11 Å². The molecular formula is C8H15O2. The largest absolute Gasteiger partial charge is 0.481 e. The highest BCUT2D eigenvalue weighted by atomic mass is 16.4. The van der Waals surface area contributed by atoms with E-state index in [0.29, 0.717) is 6.42 Å². The van der Waals surface area contributed by atoms with Crippen molar-refractivity contribution in [3.05, 3.63) is 6.92 Å². The number of hydrogen-bond acceptors (Lipinski definition) is 1. The van der Waals surface area contributed by atoms with Gasteiger partial charge in [-0.2, -0.15) is 0 Å². The van der Waals surface area contributed by atoms with E-state index in [1.807, 2.05) is 0 Å². The topological polar surface area (TPSA) is 37.3 Å². The lowest BCUT2D eigenvalue weighted by Gasteiger charge is -2.03. The number of carboxylic acid groups (broad SMARTS) is 1. The van der Waals surface area contributed by atoms with E-state index in [2.05, 4.69) is 13.8 Å². The quantitative estimate of drug-likeness (QED) is 0.598. The molecule has 0 saturated carbocycles. The second-order valence-corrected chi connectivity index (χ2v) is 2.53. The highest BCUT2D eigenvalue weighted by Crippen LogP contribution is 2.08. The molecule has 0 aromatic carbocycles. The molecule has 10 heavy (non-hydrogen) atoms. The molecule has 0 heterocycles. The number of carboxylic acids is 1. The third-order valence-electron chi connectivity index (χ3n) is 1.51. The highest BCUT2D eigenvalue weighted by molar-refractivity contribution is 5.70. The van der Waals surface area contributed by atoms with E-state index in [0.717, 1.165) is 19.3 Å². The molecule has 0 saturated heterocycles. The van der Waals surface area contributed by atoms with Gasteiger partial charge in [0.15, 0.2) is 0 Å². The zero-order valence-electron chi connectivity index (χ0n) is 6.47. The molecule has 0 aliphatic rings. The lowest BCUT2D eigenvalue weighted by atomic mass is 10.0. The molecule has 0 aliphatic heterocycles. The van der Waals surface area contributed by atoms with Gasteiger partial charge in [0.05, 0.1) is 5.92 Å². The standard InChI is InChI=1S/C8H15O2/c1-3-4-5-6-7(2)8(9)10/h7H,2-6H2,1H3,(H,9,10). The number of rotatable bonds is 5. The maximum atomic E-state index is 10.2. The van der Waals surface area contributed by atoms with Crippen molar-refractivity contribution < 1.29 is 9.90 Å². The van der Waals surface area contributed by atoms with E-state index in [1.54, 1.807) is 0 Å². The van der Waals surface area contributed by atoms with E-state index < -0.39 is 11.9 Å². The lowest BCUT2D eigenvalue weighted by Crippen LogP contribution is -2.09. The van der Waals surface area contributed by atoms with Crippen LogP contribution in [0.2, 0.25) is 0 Å². The summed E-state index contributed by atoms with van der Waals surface area (Å²) in [5.41, 5.74) is 0. The SMILES string of the molecule is [CH2]C(CCCCC)C(=O)O. The fourth-order valence-electron chi connectivity index (χ4n) is 0.764. The van der Waals surface area contributed by atoms with Crippen molar-refractivity contribution in [2.45, 2.75) is 32.6 Å². The molecule has 0 amide bonds. The smallest absolute Gasteiger partial charge is 0.306 e. The van der Waals surface area contributed by atoms with Crippen LogP contribution in [0.3, 0.4) is 0 Å². The fraction of sp³-hybridized carbons (Fsp3) is 0.750. The van der Waals surface area contributed by atoms with Gasteiger partial charge in [-0.25, -0.2) is 0 Å². The monoisotopic (exact) mass is 143 g/mol. The summed E-state index contributed by atoms with van der Waals surface area (Å²) < 4.78 is 0. The molecule has 2 nitrogen and oxygen atoms in total. The van der Waals surface area contributed by atoms with Crippen molar-refractivity contribution in [2.24, 2.45) is 5.92 Å². The minimum atomic E-state index is -0.781. The Morgan fingerprint density at radius 1 is 1.60 bits per heavy atom. The third kappa shape index (κ3) is 4.36. The zero-order valence-corrected chi connectivity index (χ0v) is 6.47. The molecule has 0 fully saturated rings. The van der Waals surface area contributed by atoms with Gasteiger partial charge >= 0.3 is 5.97 Å². The first-order valence-corrected chi connectivity index (χ1v) is 3.74. The van der Waals surface area contributed by atoms with E-state index in [-0.39, 0.29) is 0 Å². The minimum Gasteiger partial charge on any atom is -0.481 e. The van der Waals surface area contributed by atoms with Crippen LogP contribution in [0.1, 0.15) is 32.6 Å². The number of carbonyl (C=O) groups is 1. The third-order valence-corrected chi connectivity index (χ3v) is 1.51. The molecule has 1 N–H and O–H groups in total. The first-order valence-electron chi connectivity index (χ1n) is 3.74. The molecule has 59 valence electrons. The summed E-state index contributed by atoms with van der Waals surface area (Å²) in [7, 11) is 0. The maximum Gasteiger partial charge on any atom is 0.306 e. The lowest BCUT2D eigenvalue weighted by molar-refractivity contribution is -0.140. The average Bonchev–Trinajstić information content (AvgIpc) is 1.88. The molecule has 1 unspecified atom stereocenters. The second kappa shape index (κ2) is 5.27. The minimum absolute atomic E-state index is 0.411. The fourth-order valence-corrected chi connectivity index (χ4v) is 0.764. The molecule has 0 rings (SSSR count). The Bertz CT molecular complexity index is 99.4. The van der Waals surface area contributed by atoms with Gasteiger partial charge in [-0.05, 0) is 13.3 Å². The number of aliphatic carboxylic acids is 1. The van der Waals surface area contributed by atoms with Crippen molar-refractivity contribution in [3.8, 4) is 0 Å². The number of hydrogen-bond donors (Lipinski definition) is 1. The molecular weight excluding hydrogens is 128 g/mol. The van der Waals surface area contributed by atoms with Gasteiger partial charge in [0.25, 0.3) is 0 Å². The van der Waals surface area contributed by atoms with Crippen LogP contribution < -0.4 is 0 Å². The molecule has 0 aromatic heterocycles. The van der Waals surface area contributed by atoms with Crippen LogP contribution in [0, 0.1) is 12.8 Å². The van der Waals surface area contributed by atoms with Gasteiger partial charge in [-0.1, -0.05) is 26.2 Å². The Balaban J connectivity index is 3.21. The predicted molar refractivity (Wildman–Crippen MR) is 40.6 cm³/mol. The van der Waals surface area contributed by atoms with Crippen LogP contribution in [0.5, 0.6) is 0 Å². The second-order valence-electron chi connectivity index (χ2n) is 2.53. The van der Waals surface area contributed by atoms with Crippen LogP contribution in [-0.2, 0) is 4.79 Å². The molecule has 0 aromatic rings. The van der Waals surface area contributed by atoms with Gasteiger partial charge in [0.2, 0.25) is 0 Å². The van der Waals surface area contributed by atoms with Crippen molar-refractivity contribution in [1.82, 2.24) is 0 Å². The van der Waals surface area contributed by atoms with Crippen LogP contribution in [0.4, 0.5) is 0 Å². The van der Waals surface area contributed by atoms with E-state index in [4.69, 9.17) is 5.11 Å². The Labute approximate surface area is 62.2 Å². The van der Waals surface area contributed by atoms with Crippen molar-refractivity contribution in [2.75, 3.05) is 0 Å². The van der Waals surface area contributed by atoms with Gasteiger partial charge in [0.1, 0.15) is 0 Å².